The number of fused-ring (bicyclic) bond motifs is 1. The number of carbonyl (C=O) groups is 1. The molecule has 2 aromatic carbocycles. The van der Waals surface area contributed by atoms with Crippen LogP contribution in [0.2, 0.25) is 0 Å². The van der Waals surface area contributed by atoms with Crippen LogP contribution < -0.4 is 14.2 Å². The van der Waals surface area contributed by atoms with Gasteiger partial charge in [0.2, 0.25) is 0 Å². The molecule has 162 valence electrons. The minimum Gasteiger partial charge on any atom is -0.486 e. The molecule has 9 heteroatoms. The normalized spacial score (nSPS) is 14.0. The molecule has 0 saturated carbocycles. The van der Waals surface area contributed by atoms with Gasteiger partial charge in [-0.25, -0.2) is 8.42 Å². The molecule has 0 saturated heterocycles. The predicted octanol–water partition coefficient (Wildman–Crippen LogP) is 4.15. The summed E-state index contributed by atoms with van der Waals surface area (Å²) in [6.45, 7) is 2.75. The molecule has 1 aromatic heterocycles. The fourth-order valence-electron chi connectivity index (χ4n) is 3.22. The van der Waals surface area contributed by atoms with Gasteiger partial charge in [0.25, 0.3) is 15.9 Å². The van der Waals surface area contributed by atoms with Gasteiger partial charge in [-0.15, -0.1) is 11.3 Å². The number of sulfonamides is 1. The van der Waals surface area contributed by atoms with E-state index in [1.807, 2.05) is 24.4 Å². The highest BCUT2D eigenvalue weighted by atomic mass is 32.2. The fraction of sp³-hybridized carbons (Fsp3) is 0.227. The summed E-state index contributed by atoms with van der Waals surface area (Å²) in [5.74, 6) is 0.712. The Morgan fingerprint density at radius 3 is 2.58 bits per heavy atom. The van der Waals surface area contributed by atoms with Gasteiger partial charge in [-0.2, -0.15) is 0 Å². The molecule has 7 nitrogen and oxygen atoms in total. The number of thiophene rings is 1. The van der Waals surface area contributed by atoms with E-state index in [4.69, 9.17) is 9.47 Å². The number of carbonyl (C=O) groups excluding carboxylic acids is 1. The first-order valence-electron chi connectivity index (χ1n) is 9.68. The Balaban J connectivity index is 1.53. The maximum Gasteiger partial charge on any atom is 0.262 e. The number of nitrogens with one attached hydrogen (secondary N) is 1. The SMILES string of the molecule is CC(c1cccs1)N(C)C(=O)c1cccc(NS(=O)(=O)c2ccc3c(c2)OCCO3)c1. The maximum atomic E-state index is 13.0. The minimum absolute atomic E-state index is 0.0527. The number of rotatable bonds is 6. The number of amides is 1. The second-order valence-electron chi connectivity index (χ2n) is 7.10. The molecule has 1 atom stereocenters. The largest absolute Gasteiger partial charge is 0.486 e. The van der Waals surface area contributed by atoms with Gasteiger partial charge in [-0.3, -0.25) is 9.52 Å². The van der Waals surface area contributed by atoms with Gasteiger partial charge in [0.05, 0.1) is 10.9 Å². The first kappa shape index (κ1) is 21.2. The highest BCUT2D eigenvalue weighted by molar-refractivity contribution is 7.92. The molecule has 0 spiro atoms. The summed E-state index contributed by atoms with van der Waals surface area (Å²) in [5, 5.41) is 1.97. The lowest BCUT2D eigenvalue weighted by atomic mass is 10.1. The van der Waals surface area contributed by atoms with E-state index in [2.05, 4.69) is 4.72 Å². The third kappa shape index (κ3) is 4.52. The zero-order valence-electron chi connectivity index (χ0n) is 17.1. The Labute approximate surface area is 185 Å². The van der Waals surface area contributed by atoms with Crippen LogP contribution in [0.4, 0.5) is 5.69 Å². The summed E-state index contributed by atoms with van der Waals surface area (Å²) >= 11 is 1.59. The number of anilines is 1. The van der Waals surface area contributed by atoms with Crippen molar-refractivity contribution < 1.29 is 22.7 Å². The number of ether oxygens (including phenoxy) is 2. The molecule has 1 aliphatic rings. The van der Waals surface area contributed by atoms with Crippen molar-refractivity contribution in [1.29, 1.82) is 0 Å². The molecular weight excluding hydrogens is 436 g/mol. The Kier molecular flexibility index (Phi) is 5.88. The fourth-order valence-corrected chi connectivity index (χ4v) is 5.11. The second-order valence-corrected chi connectivity index (χ2v) is 9.76. The van der Waals surface area contributed by atoms with E-state index in [1.54, 1.807) is 47.5 Å². The quantitative estimate of drug-likeness (QED) is 0.600. The van der Waals surface area contributed by atoms with Crippen molar-refractivity contribution >= 4 is 33.0 Å². The molecule has 1 unspecified atom stereocenters. The zero-order valence-corrected chi connectivity index (χ0v) is 18.7. The van der Waals surface area contributed by atoms with Crippen LogP contribution >= 0.6 is 11.3 Å². The van der Waals surface area contributed by atoms with Crippen LogP contribution in [0.5, 0.6) is 11.5 Å². The molecule has 0 aliphatic carbocycles. The van der Waals surface area contributed by atoms with Gasteiger partial charge >= 0.3 is 0 Å². The van der Waals surface area contributed by atoms with Crippen LogP contribution in [0.25, 0.3) is 0 Å². The third-order valence-electron chi connectivity index (χ3n) is 5.04. The average Bonchev–Trinajstić information content (AvgIpc) is 3.32. The van der Waals surface area contributed by atoms with E-state index in [1.165, 1.54) is 18.2 Å². The molecule has 3 aromatic rings. The number of hydrogen-bond acceptors (Lipinski definition) is 6. The van der Waals surface area contributed by atoms with Gasteiger partial charge < -0.3 is 14.4 Å². The van der Waals surface area contributed by atoms with Crippen molar-refractivity contribution in [3.63, 3.8) is 0 Å². The Hall–Kier alpha value is -3.04. The number of hydrogen-bond donors (Lipinski definition) is 1. The summed E-state index contributed by atoms with van der Waals surface area (Å²) in [5.41, 5.74) is 0.700. The standard InChI is InChI=1S/C22H22N2O5S2/c1-15(21-7-4-12-30-21)24(2)22(25)16-5-3-6-17(13-16)23-31(26,27)18-8-9-19-20(14-18)29-11-10-28-19/h3-9,12-15,23H,10-11H2,1-2H3. The molecular formula is C22H22N2O5S2. The Morgan fingerprint density at radius 2 is 1.84 bits per heavy atom. The molecule has 1 aliphatic heterocycles. The lowest BCUT2D eigenvalue weighted by molar-refractivity contribution is 0.0745. The maximum absolute atomic E-state index is 13.0. The highest BCUT2D eigenvalue weighted by Crippen LogP contribution is 2.33. The van der Waals surface area contributed by atoms with Crippen LogP contribution in [-0.2, 0) is 10.0 Å². The van der Waals surface area contributed by atoms with E-state index >= 15 is 0 Å². The summed E-state index contributed by atoms with van der Waals surface area (Å²) in [7, 11) is -2.14. The predicted molar refractivity (Wildman–Crippen MR) is 120 cm³/mol. The zero-order chi connectivity index (χ0) is 22.0. The van der Waals surface area contributed by atoms with Crippen molar-refractivity contribution in [1.82, 2.24) is 4.90 Å². The number of benzene rings is 2. The van der Waals surface area contributed by atoms with Crippen molar-refractivity contribution in [2.45, 2.75) is 17.9 Å². The lowest BCUT2D eigenvalue weighted by Gasteiger charge is -2.24. The molecule has 1 N–H and O–H groups in total. The van der Waals surface area contributed by atoms with E-state index < -0.39 is 10.0 Å². The third-order valence-corrected chi connectivity index (χ3v) is 7.46. The van der Waals surface area contributed by atoms with Gasteiger partial charge in [-0.05, 0) is 48.7 Å². The van der Waals surface area contributed by atoms with Crippen LogP contribution in [0.1, 0.15) is 28.2 Å². The molecule has 0 fully saturated rings. The lowest BCUT2D eigenvalue weighted by Crippen LogP contribution is -2.29. The highest BCUT2D eigenvalue weighted by Gasteiger charge is 2.22. The van der Waals surface area contributed by atoms with E-state index in [0.717, 1.165) is 4.88 Å². The van der Waals surface area contributed by atoms with Gasteiger partial charge in [0.15, 0.2) is 11.5 Å². The van der Waals surface area contributed by atoms with Gasteiger partial charge in [-0.1, -0.05) is 12.1 Å². The van der Waals surface area contributed by atoms with Gasteiger partial charge in [0, 0.05) is 29.2 Å². The summed E-state index contributed by atoms with van der Waals surface area (Å²) < 4.78 is 39.2. The van der Waals surface area contributed by atoms with Crippen molar-refractivity contribution in [2.75, 3.05) is 25.0 Å². The molecule has 0 bridgehead atoms. The van der Waals surface area contributed by atoms with E-state index in [9.17, 15) is 13.2 Å². The van der Waals surface area contributed by atoms with Crippen molar-refractivity contribution in [2.24, 2.45) is 0 Å². The molecule has 0 radical (unpaired) electrons. The van der Waals surface area contributed by atoms with Crippen LogP contribution in [-0.4, -0.2) is 39.5 Å². The molecule has 31 heavy (non-hydrogen) atoms. The Morgan fingerprint density at radius 1 is 1.06 bits per heavy atom. The minimum atomic E-state index is -3.87. The van der Waals surface area contributed by atoms with Crippen LogP contribution in [0.3, 0.4) is 0 Å². The molecule has 1 amide bonds. The second kappa shape index (κ2) is 8.60. The van der Waals surface area contributed by atoms with Crippen molar-refractivity contribution in [3.8, 4) is 11.5 Å². The molecule has 4 rings (SSSR count). The first-order chi connectivity index (χ1) is 14.8. The average molecular weight is 459 g/mol. The molecule has 2 heterocycles. The summed E-state index contributed by atoms with van der Waals surface area (Å²) in [4.78, 5) is 15.7. The topological polar surface area (TPSA) is 84.9 Å². The number of nitrogens with zero attached hydrogens (tertiary/aromatic N) is 1. The summed E-state index contributed by atoms with van der Waals surface area (Å²) in [6, 6.07) is 14.8. The summed E-state index contributed by atoms with van der Waals surface area (Å²) in [6.07, 6.45) is 0. The van der Waals surface area contributed by atoms with Crippen LogP contribution in [0.15, 0.2) is 64.9 Å². The Bertz CT molecular complexity index is 1190. The van der Waals surface area contributed by atoms with Crippen LogP contribution in [0, 0.1) is 0 Å². The van der Waals surface area contributed by atoms with E-state index in [-0.39, 0.29) is 16.8 Å². The van der Waals surface area contributed by atoms with Crippen molar-refractivity contribution in [3.05, 3.63) is 70.4 Å². The van der Waals surface area contributed by atoms with Gasteiger partial charge in [0.1, 0.15) is 13.2 Å². The first-order valence-corrected chi connectivity index (χ1v) is 12.0. The smallest absolute Gasteiger partial charge is 0.262 e. The monoisotopic (exact) mass is 458 g/mol. The van der Waals surface area contributed by atoms with E-state index in [0.29, 0.717) is 36.0 Å².